The first-order valence-electron chi connectivity index (χ1n) is 17.6. The van der Waals surface area contributed by atoms with Gasteiger partial charge in [-0.05, 0) is 0 Å². The summed E-state index contributed by atoms with van der Waals surface area (Å²) in [4.78, 5) is 0. The molecule has 10 rings (SSSR count). The molecule has 47 heavy (non-hydrogen) atoms. The second-order valence-electron chi connectivity index (χ2n) is 15.9. The molecule has 0 saturated heterocycles. The Morgan fingerprint density at radius 3 is 1.79 bits per heavy atom. The summed E-state index contributed by atoms with van der Waals surface area (Å²) < 4.78 is 12.0. The molecule has 6 aliphatic carbocycles. The number of hydrogen-bond acceptors (Lipinski definition) is 0. The van der Waals surface area contributed by atoms with Crippen LogP contribution in [0.4, 0.5) is 0 Å². The second-order valence-corrected chi connectivity index (χ2v) is 28.6. The van der Waals surface area contributed by atoms with E-state index in [1.165, 1.54) is 72.0 Å². The van der Waals surface area contributed by atoms with Gasteiger partial charge in [0.05, 0.1) is 0 Å². The SMILES string of the molecule is Cl.Cl.[CH2]=[Zr]([C]1=CC(C2C3CC4CC(C3)CC2C4)=CC1C)([c]1ccc(C)cc1)([c]1ccc(C)cc1)[c]1cccc2c1Cc1ccccc1-2. The number of hydrogen-bond donors (Lipinski definition) is 0. The zero-order valence-corrected chi connectivity index (χ0v) is 32.1. The molecule has 4 aromatic rings. The average molecular weight is 739 g/mol. The second kappa shape index (κ2) is 11.9. The molecule has 4 saturated carbocycles. The van der Waals surface area contributed by atoms with Gasteiger partial charge in [-0.2, -0.15) is 0 Å². The summed E-state index contributed by atoms with van der Waals surface area (Å²) in [6.45, 7) is 6.96. The fourth-order valence-corrected chi connectivity index (χ4v) is 27.9. The van der Waals surface area contributed by atoms with Crippen LogP contribution in [0.15, 0.2) is 112 Å². The Labute approximate surface area is 295 Å². The van der Waals surface area contributed by atoms with E-state index >= 15 is 0 Å². The number of halogens is 2. The summed E-state index contributed by atoms with van der Waals surface area (Å²) in [7, 11) is 0. The summed E-state index contributed by atoms with van der Waals surface area (Å²) in [6.07, 6.45) is 13.9. The first-order chi connectivity index (χ1) is 21.8. The fraction of sp³-hybridized carbons (Fsp3) is 0.341. The Balaban J connectivity index is 0.00000176. The summed E-state index contributed by atoms with van der Waals surface area (Å²) >= 11 is -4.80. The maximum atomic E-state index is 5.82. The van der Waals surface area contributed by atoms with Gasteiger partial charge in [0.1, 0.15) is 0 Å². The molecule has 0 aromatic heterocycles. The van der Waals surface area contributed by atoms with E-state index < -0.39 is 18.3 Å². The van der Waals surface area contributed by atoms with Gasteiger partial charge in [0.2, 0.25) is 0 Å². The van der Waals surface area contributed by atoms with Crippen LogP contribution in [-0.2, 0) is 24.7 Å². The Morgan fingerprint density at radius 2 is 1.19 bits per heavy atom. The van der Waals surface area contributed by atoms with Crippen LogP contribution in [0.25, 0.3) is 11.1 Å². The third-order valence-electron chi connectivity index (χ3n) is 13.3. The molecule has 4 aromatic carbocycles. The van der Waals surface area contributed by atoms with E-state index in [1.807, 2.05) is 0 Å². The van der Waals surface area contributed by atoms with Crippen molar-refractivity contribution in [2.45, 2.75) is 59.3 Å². The molecule has 0 nitrogen and oxygen atoms in total. The van der Waals surface area contributed by atoms with Crippen LogP contribution in [0.1, 0.15) is 61.3 Å². The number of allylic oxidation sites excluding steroid dienone is 4. The number of rotatable bonds is 5. The molecule has 0 N–H and O–H groups in total. The molecular weight excluding hydrogens is 691 g/mol. The molecule has 6 aliphatic rings. The number of benzene rings is 4. The Morgan fingerprint density at radius 1 is 0.638 bits per heavy atom. The van der Waals surface area contributed by atoms with E-state index in [-0.39, 0.29) is 24.8 Å². The zero-order chi connectivity index (χ0) is 30.5. The van der Waals surface area contributed by atoms with Crippen LogP contribution in [0.2, 0.25) is 0 Å². The summed E-state index contributed by atoms with van der Waals surface area (Å²) in [5.74, 6) is 4.88. The van der Waals surface area contributed by atoms with Crippen molar-refractivity contribution in [1.82, 2.24) is 0 Å². The van der Waals surface area contributed by atoms with Gasteiger partial charge < -0.3 is 0 Å². The average Bonchev–Trinajstić information content (AvgIpc) is 3.62. The first kappa shape index (κ1) is 33.2. The van der Waals surface area contributed by atoms with Gasteiger partial charge in [-0.1, -0.05) is 0 Å². The molecule has 3 heteroatoms. The summed E-state index contributed by atoms with van der Waals surface area (Å²) in [5.41, 5.74) is 10.1. The van der Waals surface area contributed by atoms with Gasteiger partial charge in [-0.25, -0.2) is 0 Å². The molecule has 1 atom stereocenters. The van der Waals surface area contributed by atoms with Crippen molar-refractivity contribution in [3.05, 3.63) is 134 Å². The molecular formula is C44H48Cl2Zr. The van der Waals surface area contributed by atoms with Crippen LogP contribution >= 0.6 is 24.8 Å². The topological polar surface area (TPSA) is 0 Å². The molecule has 0 amide bonds. The predicted octanol–water partition coefficient (Wildman–Crippen LogP) is 9.65. The van der Waals surface area contributed by atoms with Gasteiger partial charge >= 0.3 is 273 Å². The quantitative estimate of drug-likeness (QED) is 0.169. The van der Waals surface area contributed by atoms with Crippen molar-refractivity contribution in [3.8, 4) is 11.1 Å². The van der Waals surface area contributed by atoms with E-state index in [0.717, 1.165) is 36.0 Å². The van der Waals surface area contributed by atoms with Crippen LogP contribution in [0.3, 0.4) is 0 Å². The van der Waals surface area contributed by atoms with Crippen molar-refractivity contribution in [2.24, 2.45) is 35.5 Å². The minimum atomic E-state index is -4.80. The number of aryl methyl sites for hydroxylation is 2. The molecule has 4 fully saturated rings. The van der Waals surface area contributed by atoms with Crippen molar-refractivity contribution in [2.75, 3.05) is 0 Å². The monoisotopic (exact) mass is 736 g/mol. The standard InChI is InChI=1S/C16H21.C13H9.2C7H7.CH2.2ClH.Zr/c1-10-2-3-13(4-10)16-14-6-11-5-12(8-14)9-15(16)7-11;1-3-7-12-10(5-1)9-11-6-2-4-8-13(11)12;2*1-7-5-3-2-4-6-7;;;;/h3-4,10-12,14-16H,5-9H2,1H3;1-5,7-8H,9H2;2*3-6H,1H3;1H2;2*1H;. The predicted molar refractivity (Wildman–Crippen MR) is 203 cm³/mol. The van der Waals surface area contributed by atoms with Crippen LogP contribution in [0.5, 0.6) is 0 Å². The molecule has 0 radical (unpaired) electrons. The fourth-order valence-electron chi connectivity index (χ4n) is 11.6. The van der Waals surface area contributed by atoms with Crippen molar-refractivity contribution < 1.29 is 18.3 Å². The van der Waals surface area contributed by atoms with Gasteiger partial charge in [0, 0.05) is 0 Å². The van der Waals surface area contributed by atoms with Gasteiger partial charge in [-0.3, -0.25) is 0 Å². The Hall–Kier alpha value is -2.31. The van der Waals surface area contributed by atoms with Gasteiger partial charge in [-0.15, -0.1) is 24.8 Å². The summed E-state index contributed by atoms with van der Waals surface area (Å²) in [6, 6.07) is 35.6. The Kier molecular flexibility index (Phi) is 8.43. The third kappa shape index (κ3) is 4.73. The van der Waals surface area contributed by atoms with Gasteiger partial charge in [0.15, 0.2) is 0 Å². The Bertz CT molecular complexity index is 1900. The number of fused-ring (bicyclic) bond motifs is 3. The van der Waals surface area contributed by atoms with E-state index in [1.54, 1.807) is 12.1 Å². The normalized spacial score (nSPS) is 26.9. The first-order valence-corrected chi connectivity index (χ1v) is 24.3. The van der Waals surface area contributed by atoms with Crippen LogP contribution in [0, 0.1) is 49.4 Å². The maximum absolute atomic E-state index is 5.82. The summed E-state index contributed by atoms with van der Waals surface area (Å²) in [5, 5.41) is 0. The van der Waals surface area contributed by atoms with Crippen molar-refractivity contribution >= 4 is 38.8 Å². The molecule has 0 spiro atoms. The molecule has 242 valence electrons. The van der Waals surface area contributed by atoms with Crippen molar-refractivity contribution in [1.29, 1.82) is 0 Å². The molecule has 4 bridgehead atoms. The molecule has 1 unspecified atom stereocenters. The van der Waals surface area contributed by atoms with E-state index in [4.69, 9.17) is 4.21 Å². The van der Waals surface area contributed by atoms with Crippen LogP contribution < -0.4 is 9.81 Å². The molecule has 0 aliphatic heterocycles. The van der Waals surface area contributed by atoms with Gasteiger partial charge in [0.25, 0.3) is 0 Å². The molecule has 0 heterocycles. The van der Waals surface area contributed by atoms with E-state index in [0.29, 0.717) is 5.92 Å². The van der Waals surface area contributed by atoms with E-state index in [2.05, 4.69) is 124 Å². The zero-order valence-electron chi connectivity index (χ0n) is 28.0. The minimum absolute atomic E-state index is 0. The van der Waals surface area contributed by atoms with E-state index in [9.17, 15) is 0 Å². The third-order valence-corrected chi connectivity index (χ3v) is 29.9. The van der Waals surface area contributed by atoms with Crippen molar-refractivity contribution in [3.63, 3.8) is 0 Å². The van der Waals surface area contributed by atoms with Crippen LogP contribution in [-0.4, -0.2) is 4.21 Å².